The van der Waals surface area contributed by atoms with Crippen LogP contribution in [0.3, 0.4) is 0 Å². The second-order valence-corrected chi connectivity index (χ2v) is 7.16. The van der Waals surface area contributed by atoms with E-state index in [9.17, 15) is 10.2 Å². The Morgan fingerprint density at radius 3 is 2.00 bits per heavy atom. The first kappa shape index (κ1) is 15.4. The van der Waals surface area contributed by atoms with Gasteiger partial charge in [0.05, 0.1) is 17.1 Å². The molecule has 0 aliphatic heterocycles. The van der Waals surface area contributed by atoms with Gasteiger partial charge in [0.2, 0.25) is 0 Å². The second-order valence-electron chi connectivity index (χ2n) is 6.19. The Bertz CT molecular complexity index is 348. The van der Waals surface area contributed by atoms with E-state index in [2.05, 4.69) is 10.1 Å². The van der Waals surface area contributed by atoms with Crippen molar-refractivity contribution in [3.63, 3.8) is 0 Å². The van der Waals surface area contributed by atoms with E-state index < -0.39 is 28.5 Å². The zero-order valence-corrected chi connectivity index (χ0v) is 12.3. The topological polar surface area (TPSA) is 71.2 Å². The first-order valence-electron chi connectivity index (χ1n) is 5.94. The van der Waals surface area contributed by atoms with Crippen molar-refractivity contribution in [1.82, 2.24) is 14.8 Å². The fraction of sp³-hybridized carbons (Fsp3) is 0.833. The maximum Gasteiger partial charge on any atom is 0.137 e. The molecule has 0 saturated carbocycles. The first-order valence-corrected chi connectivity index (χ1v) is 6.32. The third kappa shape index (κ3) is 3.43. The molecular formula is C12H22ClN3O2. The number of aromatic nitrogens is 3. The van der Waals surface area contributed by atoms with Crippen molar-refractivity contribution in [2.45, 2.75) is 57.7 Å². The summed E-state index contributed by atoms with van der Waals surface area (Å²) in [6, 6.07) is -0.639. The molecule has 2 N–H and O–H groups in total. The quantitative estimate of drug-likeness (QED) is 0.819. The van der Waals surface area contributed by atoms with Gasteiger partial charge in [0.15, 0.2) is 0 Å². The van der Waals surface area contributed by atoms with Crippen LogP contribution in [0.25, 0.3) is 0 Å². The van der Waals surface area contributed by atoms with Crippen LogP contribution in [0.1, 0.15) is 40.7 Å². The number of aliphatic hydroxyl groups excluding tert-OH is 2. The van der Waals surface area contributed by atoms with Crippen LogP contribution in [0.5, 0.6) is 0 Å². The van der Waals surface area contributed by atoms with Gasteiger partial charge in [-0.3, -0.25) is 0 Å². The highest BCUT2D eigenvalue weighted by molar-refractivity contribution is 6.23. The molecule has 0 aromatic carbocycles. The number of alkyl halides is 1. The molecule has 1 rings (SSSR count). The molecule has 0 saturated heterocycles. The van der Waals surface area contributed by atoms with E-state index >= 15 is 0 Å². The maximum atomic E-state index is 10.4. The molecule has 0 spiro atoms. The summed E-state index contributed by atoms with van der Waals surface area (Å²) in [7, 11) is 0. The van der Waals surface area contributed by atoms with Crippen molar-refractivity contribution in [3.8, 4) is 0 Å². The highest BCUT2D eigenvalue weighted by Crippen LogP contribution is 2.35. The minimum absolute atomic E-state index is 0.403. The monoisotopic (exact) mass is 275 g/mol. The van der Waals surface area contributed by atoms with Crippen LogP contribution >= 0.6 is 11.6 Å². The Balaban J connectivity index is 3.12. The van der Waals surface area contributed by atoms with E-state index in [4.69, 9.17) is 11.6 Å². The van der Waals surface area contributed by atoms with Gasteiger partial charge in [0, 0.05) is 0 Å². The van der Waals surface area contributed by atoms with E-state index in [-0.39, 0.29) is 0 Å². The summed E-state index contributed by atoms with van der Waals surface area (Å²) in [5.41, 5.74) is -0.403. The minimum Gasteiger partial charge on any atom is -0.390 e. The Morgan fingerprint density at radius 1 is 1.11 bits per heavy atom. The fourth-order valence-corrected chi connectivity index (χ4v) is 1.88. The lowest BCUT2D eigenvalue weighted by molar-refractivity contribution is -0.0505. The van der Waals surface area contributed by atoms with Crippen LogP contribution in [-0.4, -0.2) is 42.1 Å². The molecule has 18 heavy (non-hydrogen) atoms. The van der Waals surface area contributed by atoms with Crippen molar-refractivity contribution < 1.29 is 10.2 Å². The molecule has 0 aliphatic carbocycles. The average Bonchev–Trinajstić information content (AvgIpc) is 2.68. The molecule has 3 atom stereocenters. The summed E-state index contributed by atoms with van der Waals surface area (Å²) in [5, 5.41) is 24.8. The van der Waals surface area contributed by atoms with E-state index in [1.807, 2.05) is 20.8 Å². The maximum absolute atomic E-state index is 10.4. The summed E-state index contributed by atoms with van der Waals surface area (Å²) < 4.78 is 1.46. The van der Waals surface area contributed by atoms with Gasteiger partial charge in [0.25, 0.3) is 0 Å². The van der Waals surface area contributed by atoms with E-state index in [1.54, 1.807) is 13.8 Å². The smallest absolute Gasteiger partial charge is 0.137 e. The molecule has 1 heterocycles. The number of rotatable bonds is 4. The van der Waals surface area contributed by atoms with Crippen molar-refractivity contribution in [2.75, 3.05) is 0 Å². The van der Waals surface area contributed by atoms with E-state index in [1.165, 1.54) is 17.3 Å². The lowest BCUT2D eigenvalue weighted by atomic mass is 9.80. The molecule has 1 aromatic rings. The average molecular weight is 276 g/mol. The van der Waals surface area contributed by atoms with Gasteiger partial charge in [0.1, 0.15) is 18.7 Å². The van der Waals surface area contributed by atoms with Crippen LogP contribution in [0.2, 0.25) is 0 Å². The van der Waals surface area contributed by atoms with Gasteiger partial charge in [-0.25, -0.2) is 9.67 Å². The van der Waals surface area contributed by atoms with E-state index in [0.717, 1.165) is 0 Å². The van der Waals surface area contributed by atoms with Crippen LogP contribution in [-0.2, 0) is 0 Å². The summed E-state index contributed by atoms with van der Waals surface area (Å²) in [6.45, 7) is 9.11. The van der Waals surface area contributed by atoms with Crippen LogP contribution < -0.4 is 0 Å². The summed E-state index contributed by atoms with van der Waals surface area (Å²) >= 11 is 6.17. The first-order chi connectivity index (χ1) is 8.05. The molecule has 0 aliphatic rings. The van der Waals surface area contributed by atoms with Gasteiger partial charge < -0.3 is 10.2 Å². The predicted molar refractivity (Wildman–Crippen MR) is 70.5 cm³/mol. The third-order valence-corrected chi connectivity index (χ3v) is 3.20. The zero-order valence-electron chi connectivity index (χ0n) is 11.5. The molecule has 0 bridgehead atoms. The van der Waals surface area contributed by atoms with Crippen LogP contribution in [0.15, 0.2) is 12.7 Å². The Labute approximate surface area is 113 Å². The Hall–Kier alpha value is -0.650. The van der Waals surface area contributed by atoms with Crippen molar-refractivity contribution >= 4 is 11.6 Å². The fourth-order valence-electron chi connectivity index (χ4n) is 1.75. The Kier molecular flexibility index (Phi) is 4.41. The number of halogens is 1. The molecule has 0 radical (unpaired) electrons. The van der Waals surface area contributed by atoms with Crippen molar-refractivity contribution in [1.29, 1.82) is 0 Å². The van der Waals surface area contributed by atoms with Gasteiger partial charge in [-0.2, -0.15) is 5.10 Å². The summed E-state index contributed by atoms with van der Waals surface area (Å²) in [6.07, 6.45) is 1.10. The van der Waals surface area contributed by atoms with Crippen LogP contribution in [0, 0.1) is 5.41 Å². The van der Waals surface area contributed by atoms with Crippen molar-refractivity contribution in [3.05, 3.63) is 12.7 Å². The molecule has 6 heteroatoms. The predicted octanol–water partition coefficient (Wildman–Crippen LogP) is 1.60. The molecule has 0 amide bonds. The summed E-state index contributed by atoms with van der Waals surface area (Å²) in [5.74, 6) is 0. The van der Waals surface area contributed by atoms with Crippen LogP contribution in [0.4, 0.5) is 0 Å². The van der Waals surface area contributed by atoms with Gasteiger partial charge in [-0.1, -0.05) is 20.8 Å². The third-order valence-electron chi connectivity index (χ3n) is 2.98. The SMILES string of the molecule is CC(C)(C)C(O)C(C(O)C(C)(C)Cl)n1cncn1. The van der Waals surface area contributed by atoms with Gasteiger partial charge >= 0.3 is 0 Å². The van der Waals surface area contributed by atoms with Gasteiger partial charge in [-0.05, 0) is 19.3 Å². The van der Waals surface area contributed by atoms with Crippen molar-refractivity contribution in [2.24, 2.45) is 5.41 Å². The number of hydrogen-bond donors (Lipinski definition) is 2. The van der Waals surface area contributed by atoms with Gasteiger partial charge in [-0.15, -0.1) is 11.6 Å². The standard InChI is InChI=1S/C12H22ClN3O2/c1-11(2,3)9(17)8(10(18)12(4,5)13)16-7-14-6-15-16/h6-10,17-18H,1-5H3. The highest BCUT2D eigenvalue weighted by Gasteiger charge is 2.42. The Morgan fingerprint density at radius 2 is 1.67 bits per heavy atom. The minimum atomic E-state index is -0.949. The second kappa shape index (κ2) is 5.15. The number of aliphatic hydroxyl groups is 2. The molecule has 5 nitrogen and oxygen atoms in total. The lowest BCUT2D eigenvalue weighted by Crippen LogP contribution is -2.48. The molecule has 1 aromatic heterocycles. The van der Waals surface area contributed by atoms with E-state index in [0.29, 0.717) is 0 Å². The molecule has 3 unspecified atom stereocenters. The highest BCUT2D eigenvalue weighted by atomic mass is 35.5. The molecular weight excluding hydrogens is 254 g/mol. The lowest BCUT2D eigenvalue weighted by Gasteiger charge is -2.39. The number of hydrogen-bond acceptors (Lipinski definition) is 4. The summed E-state index contributed by atoms with van der Waals surface area (Å²) in [4.78, 5) is 2.99. The normalized spacial score (nSPS) is 18.4. The number of nitrogens with zero attached hydrogens (tertiary/aromatic N) is 3. The molecule has 104 valence electrons. The molecule has 0 fully saturated rings. The zero-order chi connectivity index (χ0) is 14.1. The largest absolute Gasteiger partial charge is 0.390 e.